The van der Waals surface area contributed by atoms with Crippen LogP contribution in [-0.4, -0.2) is 22.6 Å². The SMILES string of the molecule is [N-]=[N+]=NCC=Cc1ccc2[nH]cc(C(=O)O)c(=O)c2c1. The van der Waals surface area contributed by atoms with Gasteiger partial charge in [0.05, 0.1) is 0 Å². The van der Waals surface area contributed by atoms with Gasteiger partial charge in [-0.05, 0) is 23.2 Å². The highest BCUT2D eigenvalue weighted by Crippen LogP contribution is 2.12. The molecule has 0 saturated heterocycles. The zero-order valence-electron chi connectivity index (χ0n) is 10.3. The van der Waals surface area contributed by atoms with Gasteiger partial charge in [-0.2, -0.15) is 0 Å². The Bertz CT molecular complexity index is 801. The molecule has 1 aromatic heterocycles. The average Bonchev–Trinajstić information content (AvgIpc) is 2.44. The number of nitrogens with one attached hydrogen (secondary N) is 1. The summed E-state index contributed by atoms with van der Waals surface area (Å²) in [6, 6.07) is 5.05. The van der Waals surface area contributed by atoms with E-state index in [9.17, 15) is 9.59 Å². The number of fused-ring (bicyclic) bond motifs is 1. The summed E-state index contributed by atoms with van der Waals surface area (Å²) in [4.78, 5) is 28.3. The van der Waals surface area contributed by atoms with Crippen LogP contribution in [0.5, 0.6) is 0 Å². The normalized spacial score (nSPS) is 10.6. The Labute approximate surface area is 112 Å². The number of azide groups is 1. The number of rotatable bonds is 4. The summed E-state index contributed by atoms with van der Waals surface area (Å²) in [6.07, 6.45) is 4.53. The lowest BCUT2D eigenvalue weighted by atomic mass is 10.1. The number of aromatic amines is 1. The van der Waals surface area contributed by atoms with Gasteiger partial charge in [-0.1, -0.05) is 23.3 Å². The summed E-state index contributed by atoms with van der Waals surface area (Å²) in [6.45, 7) is 0.208. The third-order valence-electron chi connectivity index (χ3n) is 2.70. The van der Waals surface area contributed by atoms with Crippen LogP contribution >= 0.6 is 0 Å². The molecule has 0 bridgehead atoms. The predicted molar refractivity (Wildman–Crippen MR) is 74.6 cm³/mol. The van der Waals surface area contributed by atoms with E-state index in [4.69, 9.17) is 10.6 Å². The van der Waals surface area contributed by atoms with E-state index in [0.29, 0.717) is 10.9 Å². The van der Waals surface area contributed by atoms with Crippen molar-refractivity contribution in [2.75, 3.05) is 6.54 Å². The first-order valence-electron chi connectivity index (χ1n) is 5.69. The van der Waals surface area contributed by atoms with Gasteiger partial charge in [0.1, 0.15) is 5.56 Å². The van der Waals surface area contributed by atoms with Crippen molar-refractivity contribution in [1.29, 1.82) is 0 Å². The summed E-state index contributed by atoms with van der Waals surface area (Å²) in [7, 11) is 0. The molecule has 7 nitrogen and oxygen atoms in total. The molecule has 0 atom stereocenters. The van der Waals surface area contributed by atoms with Crippen LogP contribution < -0.4 is 5.43 Å². The van der Waals surface area contributed by atoms with Crippen molar-refractivity contribution >= 4 is 22.9 Å². The zero-order valence-corrected chi connectivity index (χ0v) is 10.3. The molecule has 7 heteroatoms. The van der Waals surface area contributed by atoms with Gasteiger partial charge in [-0.3, -0.25) is 4.79 Å². The van der Waals surface area contributed by atoms with Crippen molar-refractivity contribution < 1.29 is 9.90 Å². The van der Waals surface area contributed by atoms with E-state index in [1.165, 1.54) is 6.20 Å². The number of H-pyrrole nitrogens is 1. The van der Waals surface area contributed by atoms with Crippen LogP contribution in [0.15, 0.2) is 40.4 Å². The molecular weight excluding hydrogens is 260 g/mol. The van der Waals surface area contributed by atoms with Crippen molar-refractivity contribution in [1.82, 2.24) is 4.98 Å². The van der Waals surface area contributed by atoms with Crippen LogP contribution in [0.4, 0.5) is 0 Å². The van der Waals surface area contributed by atoms with Crippen molar-refractivity contribution in [3.8, 4) is 0 Å². The highest BCUT2D eigenvalue weighted by molar-refractivity contribution is 5.92. The molecule has 0 amide bonds. The van der Waals surface area contributed by atoms with Crippen molar-refractivity contribution in [2.45, 2.75) is 0 Å². The summed E-state index contributed by atoms with van der Waals surface area (Å²) in [5.74, 6) is -1.27. The maximum atomic E-state index is 12.0. The first-order chi connectivity index (χ1) is 9.63. The Morgan fingerprint density at radius 1 is 1.50 bits per heavy atom. The molecule has 1 heterocycles. The Hall–Kier alpha value is -3.05. The number of hydrogen-bond acceptors (Lipinski definition) is 3. The maximum Gasteiger partial charge on any atom is 0.341 e. The Morgan fingerprint density at radius 3 is 3.00 bits per heavy atom. The summed E-state index contributed by atoms with van der Waals surface area (Å²) >= 11 is 0. The topological polar surface area (TPSA) is 119 Å². The molecule has 2 aromatic rings. The number of carboxylic acid groups (broad SMARTS) is 1. The highest BCUT2D eigenvalue weighted by Gasteiger charge is 2.11. The van der Waals surface area contributed by atoms with Gasteiger partial charge in [0, 0.05) is 28.6 Å². The molecule has 100 valence electrons. The monoisotopic (exact) mass is 270 g/mol. The fourth-order valence-electron chi connectivity index (χ4n) is 1.77. The molecule has 1 aromatic carbocycles. The minimum Gasteiger partial charge on any atom is -0.477 e. The lowest BCUT2D eigenvalue weighted by Gasteiger charge is -2.01. The van der Waals surface area contributed by atoms with E-state index in [1.807, 2.05) is 0 Å². The van der Waals surface area contributed by atoms with Crippen LogP contribution in [0.2, 0.25) is 0 Å². The van der Waals surface area contributed by atoms with Gasteiger partial charge < -0.3 is 10.1 Å². The van der Waals surface area contributed by atoms with Gasteiger partial charge in [0.25, 0.3) is 0 Å². The van der Waals surface area contributed by atoms with E-state index in [2.05, 4.69) is 15.0 Å². The molecule has 0 aliphatic heterocycles. The molecule has 0 aliphatic carbocycles. The van der Waals surface area contributed by atoms with Gasteiger partial charge >= 0.3 is 5.97 Å². The van der Waals surface area contributed by atoms with Crippen molar-refractivity contribution in [2.24, 2.45) is 5.11 Å². The van der Waals surface area contributed by atoms with E-state index in [0.717, 1.165) is 5.56 Å². The van der Waals surface area contributed by atoms with Crippen LogP contribution in [0.25, 0.3) is 27.4 Å². The van der Waals surface area contributed by atoms with E-state index in [1.54, 1.807) is 30.4 Å². The Kier molecular flexibility index (Phi) is 3.83. The number of nitrogens with zero attached hydrogens (tertiary/aromatic N) is 3. The predicted octanol–water partition coefficient (Wildman–Crippen LogP) is 2.55. The number of hydrogen-bond donors (Lipinski definition) is 2. The second-order valence-electron chi connectivity index (χ2n) is 3.96. The third kappa shape index (κ3) is 2.68. The quantitative estimate of drug-likeness (QED) is 0.504. The first-order valence-corrected chi connectivity index (χ1v) is 5.69. The molecule has 0 unspecified atom stereocenters. The lowest BCUT2D eigenvalue weighted by molar-refractivity contribution is 0.0695. The minimum atomic E-state index is -1.27. The zero-order chi connectivity index (χ0) is 14.5. The van der Waals surface area contributed by atoms with Gasteiger partial charge in [0.2, 0.25) is 5.43 Å². The molecule has 0 spiro atoms. The van der Waals surface area contributed by atoms with E-state index in [-0.39, 0.29) is 12.1 Å². The van der Waals surface area contributed by atoms with Crippen molar-refractivity contribution in [3.05, 3.63) is 62.3 Å². The van der Waals surface area contributed by atoms with Crippen molar-refractivity contribution in [3.63, 3.8) is 0 Å². The number of carbonyl (C=O) groups is 1. The fraction of sp³-hybridized carbons (Fsp3) is 0.0769. The van der Waals surface area contributed by atoms with E-state index < -0.39 is 11.4 Å². The number of aromatic nitrogens is 1. The summed E-state index contributed by atoms with van der Waals surface area (Å²) in [5.41, 5.74) is 8.60. The second kappa shape index (κ2) is 5.73. The number of aromatic carboxylic acids is 1. The van der Waals surface area contributed by atoms with Gasteiger partial charge in [-0.25, -0.2) is 4.79 Å². The molecular formula is C13H10N4O3. The minimum absolute atomic E-state index is 0.208. The van der Waals surface area contributed by atoms with E-state index >= 15 is 0 Å². The first kappa shape index (κ1) is 13.4. The molecule has 2 N–H and O–H groups in total. The summed E-state index contributed by atoms with van der Waals surface area (Å²) in [5, 5.41) is 12.6. The average molecular weight is 270 g/mol. The van der Waals surface area contributed by atoms with Crippen LogP contribution in [0.1, 0.15) is 15.9 Å². The van der Waals surface area contributed by atoms with Gasteiger partial charge in [0.15, 0.2) is 0 Å². The summed E-state index contributed by atoms with van der Waals surface area (Å²) < 4.78 is 0. The van der Waals surface area contributed by atoms with Crippen LogP contribution in [-0.2, 0) is 0 Å². The lowest BCUT2D eigenvalue weighted by Crippen LogP contribution is -2.15. The Balaban J connectivity index is 2.49. The molecule has 2 rings (SSSR count). The maximum absolute atomic E-state index is 12.0. The van der Waals surface area contributed by atoms with Crippen LogP contribution in [0.3, 0.4) is 0 Å². The molecule has 0 fully saturated rings. The Morgan fingerprint density at radius 2 is 2.30 bits per heavy atom. The molecule has 0 saturated carbocycles. The van der Waals surface area contributed by atoms with Crippen LogP contribution in [0, 0.1) is 0 Å². The molecule has 0 aliphatic rings. The fourth-order valence-corrected chi connectivity index (χ4v) is 1.77. The number of pyridine rings is 1. The third-order valence-corrected chi connectivity index (χ3v) is 2.70. The second-order valence-corrected chi connectivity index (χ2v) is 3.96. The number of benzene rings is 1. The number of carboxylic acids is 1. The van der Waals surface area contributed by atoms with Gasteiger partial charge in [-0.15, -0.1) is 0 Å². The highest BCUT2D eigenvalue weighted by atomic mass is 16.4. The smallest absolute Gasteiger partial charge is 0.341 e. The largest absolute Gasteiger partial charge is 0.477 e. The molecule has 20 heavy (non-hydrogen) atoms. The molecule has 0 radical (unpaired) electrons. The standard InChI is InChI=1S/C13H10N4O3/c14-17-16-5-1-2-8-3-4-11-9(6-8)12(18)10(7-15-11)13(19)20/h1-4,6-7H,5H2,(H,15,18)(H,19,20).